The van der Waals surface area contributed by atoms with Gasteiger partial charge in [-0.3, -0.25) is 9.52 Å². The number of carbonyl (C=O) groups excluding carboxylic acids is 1. The summed E-state index contributed by atoms with van der Waals surface area (Å²) in [5.41, 5.74) is 7.54. The smallest absolute Gasteiger partial charge is 0.258 e. The normalized spacial score (nSPS) is 13.0. The number of nitrogens with one attached hydrogen (secondary N) is 1. The number of amides is 1. The minimum Gasteiger partial charge on any atom is -0.480 e. The molecule has 0 heterocycles. The van der Waals surface area contributed by atoms with Crippen molar-refractivity contribution < 1.29 is 22.3 Å². The number of aryl methyl sites for hydroxylation is 1. The maximum Gasteiger partial charge on any atom is 0.258 e. The van der Waals surface area contributed by atoms with Crippen molar-refractivity contribution in [1.29, 1.82) is 0 Å². The predicted molar refractivity (Wildman–Crippen MR) is 112 cm³/mol. The van der Waals surface area contributed by atoms with Crippen molar-refractivity contribution in [2.24, 2.45) is 5.73 Å². The first-order valence-corrected chi connectivity index (χ1v) is 11.0. The molecule has 29 heavy (non-hydrogen) atoms. The minimum absolute atomic E-state index is 0.0159. The van der Waals surface area contributed by atoms with Gasteiger partial charge >= 0.3 is 0 Å². The second-order valence-corrected chi connectivity index (χ2v) is 9.87. The van der Waals surface area contributed by atoms with Crippen LogP contribution >= 0.6 is 0 Å². The van der Waals surface area contributed by atoms with Gasteiger partial charge in [0.1, 0.15) is 11.6 Å². The maximum atomic E-state index is 14.3. The van der Waals surface area contributed by atoms with Gasteiger partial charge in [0.2, 0.25) is 10.0 Å². The summed E-state index contributed by atoms with van der Waals surface area (Å²) in [6, 6.07) is 9.94. The van der Waals surface area contributed by atoms with Crippen molar-refractivity contribution in [2.45, 2.75) is 45.6 Å². The summed E-state index contributed by atoms with van der Waals surface area (Å²) in [5, 5.41) is 0. The molecule has 0 bridgehead atoms. The van der Waals surface area contributed by atoms with Crippen LogP contribution in [0.2, 0.25) is 0 Å². The number of ether oxygens (including phenoxy) is 1. The van der Waals surface area contributed by atoms with Gasteiger partial charge in [0.25, 0.3) is 5.91 Å². The van der Waals surface area contributed by atoms with E-state index in [1.807, 2.05) is 12.1 Å². The maximum absolute atomic E-state index is 14.3. The molecule has 2 aromatic carbocycles. The molecule has 0 saturated carbocycles. The highest BCUT2D eigenvalue weighted by atomic mass is 32.2. The predicted octanol–water partition coefficient (Wildman–Crippen LogP) is 3.28. The fraction of sp³-hybridized carbons (Fsp3) is 0.381. The lowest BCUT2D eigenvalue weighted by atomic mass is 9.87. The molecule has 0 aliphatic heterocycles. The first kappa shape index (κ1) is 22.7. The number of primary amides is 1. The zero-order chi connectivity index (χ0) is 22.0. The Morgan fingerprint density at radius 2 is 1.79 bits per heavy atom. The molecule has 0 aromatic heterocycles. The number of hydrogen-bond donors (Lipinski definition) is 2. The molecule has 0 radical (unpaired) electrons. The van der Waals surface area contributed by atoms with Crippen LogP contribution in [0.3, 0.4) is 0 Å². The zero-order valence-corrected chi connectivity index (χ0v) is 18.1. The Labute approximate surface area is 171 Å². The van der Waals surface area contributed by atoms with Crippen LogP contribution in [0, 0.1) is 12.7 Å². The molecule has 1 atom stereocenters. The van der Waals surface area contributed by atoms with E-state index in [1.165, 1.54) is 12.1 Å². The van der Waals surface area contributed by atoms with Gasteiger partial charge in [-0.05, 0) is 53.3 Å². The highest BCUT2D eigenvalue weighted by Gasteiger charge is 2.21. The molecule has 0 saturated heterocycles. The van der Waals surface area contributed by atoms with Gasteiger partial charge in [0.05, 0.1) is 11.9 Å². The summed E-state index contributed by atoms with van der Waals surface area (Å²) in [6.45, 7) is 7.97. The van der Waals surface area contributed by atoms with E-state index in [1.54, 1.807) is 19.1 Å². The Morgan fingerprint density at radius 3 is 2.28 bits per heavy atom. The highest BCUT2D eigenvalue weighted by Crippen LogP contribution is 2.26. The number of benzene rings is 2. The molecule has 0 fully saturated rings. The second kappa shape index (κ2) is 8.41. The quantitative estimate of drug-likeness (QED) is 0.715. The van der Waals surface area contributed by atoms with Crippen LogP contribution in [0.15, 0.2) is 36.4 Å². The van der Waals surface area contributed by atoms with Gasteiger partial charge in [0, 0.05) is 6.42 Å². The summed E-state index contributed by atoms with van der Waals surface area (Å²) in [7, 11) is -3.61. The Balaban J connectivity index is 2.23. The number of nitrogens with two attached hydrogens (primary N) is 1. The third-order valence-corrected chi connectivity index (χ3v) is 5.03. The molecule has 0 aliphatic carbocycles. The third kappa shape index (κ3) is 6.45. The van der Waals surface area contributed by atoms with E-state index < -0.39 is 27.9 Å². The summed E-state index contributed by atoms with van der Waals surface area (Å²) in [4.78, 5) is 11.9. The lowest BCUT2D eigenvalue weighted by Crippen LogP contribution is -2.35. The van der Waals surface area contributed by atoms with Crippen LogP contribution in [0.1, 0.15) is 37.5 Å². The fourth-order valence-corrected chi connectivity index (χ4v) is 3.37. The molecule has 8 heteroatoms. The first-order valence-electron chi connectivity index (χ1n) is 9.09. The number of rotatable bonds is 7. The van der Waals surface area contributed by atoms with E-state index in [9.17, 15) is 17.6 Å². The molecule has 2 rings (SSSR count). The number of halogens is 1. The molecule has 2 aromatic rings. The van der Waals surface area contributed by atoms with Crippen molar-refractivity contribution >= 4 is 21.6 Å². The molecule has 6 nitrogen and oxygen atoms in total. The van der Waals surface area contributed by atoms with Crippen LogP contribution in [-0.2, 0) is 26.7 Å². The van der Waals surface area contributed by atoms with Gasteiger partial charge in [-0.1, -0.05) is 32.9 Å². The van der Waals surface area contributed by atoms with E-state index in [4.69, 9.17) is 10.5 Å². The van der Waals surface area contributed by atoms with Gasteiger partial charge in [-0.2, -0.15) is 0 Å². The lowest BCUT2D eigenvalue weighted by Gasteiger charge is -2.21. The van der Waals surface area contributed by atoms with Crippen LogP contribution in [-0.4, -0.2) is 26.7 Å². The Bertz CT molecular complexity index is 997. The minimum atomic E-state index is -3.61. The van der Waals surface area contributed by atoms with E-state index in [-0.39, 0.29) is 17.5 Å². The number of anilines is 1. The third-order valence-electron chi connectivity index (χ3n) is 4.44. The fourth-order valence-electron chi connectivity index (χ4n) is 2.82. The lowest BCUT2D eigenvalue weighted by molar-refractivity contribution is -0.124. The average Bonchev–Trinajstić information content (AvgIpc) is 2.57. The van der Waals surface area contributed by atoms with Crippen LogP contribution in [0.25, 0.3) is 0 Å². The second-order valence-electron chi connectivity index (χ2n) is 8.12. The zero-order valence-electron chi connectivity index (χ0n) is 17.2. The van der Waals surface area contributed by atoms with Crippen molar-refractivity contribution in [3.8, 4) is 5.75 Å². The topological polar surface area (TPSA) is 98.5 Å². The summed E-state index contributed by atoms with van der Waals surface area (Å²) < 4.78 is 44.9. The van der Waals surface area contributed by atoms with Gasteiger partial charge < -0.3 is 10.5 Å². The summed E-state index contributed by atoms with van der Waals surface area (Å²) in [5.74, 6) is -0.938. The summed E-state index contributed by atoms with van der Waals surface area (Å²) >= 11 is 0. The van der Waals surface area contributed by atoms with E-state index in [2.05, 4.69) is 25.5 Å². The average molecular weight is 423 g/mol. The van der Waals surface area contributed by atoms with E-state index in [0.717, 1.165) is 11.8 Å². The van der Waals surface area contributed by atoms with Crippen molar-refractivity contribution in [2.75, 3.05) is 11.0 Å². The van der Waals surface area contributed by atoms with Gasteiger partial charge in [-0.15, -0.1) is 0 Å². The molecular formula is C21H27FN2O4S. The molecule has 0 aliphatic rings. The number of sulfonamides is 1. The molecule has 158 valence electrons. The molecule has 0 spiro atoms. The standard InChI is InChI=1S/C21H27FN2O4S/c1-13-10-18(24-29(5,26)27)17(22)11-14(13)12-19(20(23)25)28-16-8-6-15(7-9-16)21(2,3)4/h6-11,19,24H,12H2,1-5H3,(H2,23,25). The van der Waals surface area contributed by atoms with E-state index in [0.29, 0.717) is 16.9 Å². The summed E-state index contributed by atoms with van der Waals surface area (Å²) in [6.07, 6.45) is -0.00199. The first-order chi connectivity index (χ1) is 13.3. The van der Waals surface area contributed by atoms with E-state index >= 15 is 0 Å². The number of hydrogen-bond acceptors (Lipinski definition) is 4. The van der Waals surface area contributed by atoms with Crippen LogP contribution in [0.5, 0.6) is 5.75 Å². The van der Waals surface area contributed by atoms with Crippen LogP contribution < -0.4 is 15.2 Å². The molecule has 3 N–H and O–H groups in total. The molecule has 1 unspecified atom stereocenters. The highest BCUT2D eigenvalue weighted by molar-refractivity contribution is 7.92. The van der Waals surface area contributed by atoms with Crippen molar-refractivity contribution in [1.82, 2.24) is 0 Å². The monoisotopic (exact) mass is 422 g/mol. The Kier molecular flexibility index (Phi) is 6.57. The molecule has 1 amide bonds. The Morgan fingerprint density at radius 1 is 1.21 bits per heavy atom. The number of carbonyl (C=O) groups is 1. The SMILES string of the molecule is Cc1cc(NS(C)(=O)=O)c(F)cc1CC(Oc1ccc(C(C)(C)C)cc1)C(N)=O. The van der Waals surface area contributed by atoms with Gasteiger partial charge in [0.15, 0.2) is 6.10 Å². The van der Waals surface area contributed by atoms with Crippen molar-refractivity contribution in [3.63, 3.8) is 0 Å². The Hall–Kier alpha value is -2.61. The van der Waals surface area contributed by atoms with Crippen LogP contribution in [0.4, 0.5) is 10.1 Å². The van der Waals surface area contributed by atoms with Crippen molar-refractivity contribution in [3.05, 3.63) is 58.9 Å². The van der Waals surface area contributed by atoms with Gasteiger partial charge in [-0.25, -0.2) is 12.8 Å². The molecular weight excluding hydrogens is 395 g/mol. The largest absolute Gasteiger partial charge is 0.480 e.